The topological polar surface area (TPSA) is 52.6 Å². The first-order valence-electron chi connectivity index (χ1n) is 7.82. The molecule has 0 spiro atoms. The molecule has 2 rings (SSSR count). The van der Waals surface area contributed by atoms with Crippen molar-refractivity contribution in [2.45, 2.75) is 12.8 Å². The summed E-state index contributed by atoms with van der Waals surface area (Å²) in [7, 11) is 0. The highest BCUT2D eigenvalue weighted by Gasteiger charge is 2.08. The van der Waals surface area contributed by atoms with Gasteiger partial charge in [-0.05, 0) is 37.1 Å². The Morgan fingerprint density at radius 1 is 0.875 bits per heavy atom. The number of ether oxygens (including phenoxy) is 2. The van der Waals surface area contributed by atoms with E-state index in [9.17, 15) is 9.59 Å². The highest BCUT2D eigenvalue weighted by Crippen LogP contribution is 2.15. The van der Waals surface area contributed by atoms with Crippen LogP contribution in [0.4, 0.5) is 0 Å². The Bertz CT molecular complexity index is 675. The van der Waals surface area contributed by atoms with Crippen molar-refractivity contribution >= 4 is 11.8 Å². The highest BCUT2D eigenvalue weighted by molar-refractivity contribution is 6.08. The maximum atomic E-state index is 12.3. The maximum Gasteiger partial charge on any atom is 0.330 e. The molecule has 0 atom stereocenters. The lowest BCUT2D eigenvalue weighted by atomic mass is 10.0. The molecule has 4 nitrogen and oxygen atoms in total. The summed E-state index contributed by atoms with van der Waals surface area (Å²) >= 11 is 0. The molecule has 0 amide bonds. The summed E-state index contributed by atoms with van der Waals surface area (Å²) in [5, 5.41) is 0. The third-order valence-electron chi connectivity index (χ3n) is 3.37. The molecule has 0 unspecified atom stereocenters. The van der Waals surface area contributed by atoms with Crippen LogP contribution in [0.3, 0.4) is 0 Å². The highest BCUT2D eigenvalue weighted by atomic mass is 16.5. The number of ketones is 1. The molecule has 2 aromatic carbocycles. The lowest BCUT2D eigenvalue weighted by molar-refractivity contribution is -0.137. The van der Waals surface area contributed by atoms with E-state index < -0.39 is 5.97 Å². The summed E-state index contributed by atoms with van der Waals surface area (Å²) in [5.74, 6) is 0.295. The van der Waals surface area contributed by atoms with Gasteiger partial charge in [0.15, 0.2) is 5.78 Å². The number of benzene rings is 2. The van der Waals surface area contributed by atoms with Crippen LogP contribution < -0.4 is 4.74 Å². The van der Waals surface area contributed by atoms with E-state index in [0.717, 1.165) is 18.9 Å². The van der Waals surface area contributed by atoms with Crippen LogP contribution >= 0.6 is 0 Å². The van der Waals surface area contributed by atoms with Crippen LogP contribution in [-0.4, -0.2) is 25.0 Å². The molecule has 0 aliphatic heterocycles. The molecule has 0 bridgehead atoms. The summed E-state index contributed by atoms with van der Waals surface area (Å²) in [6.07, 6.45) is 2.65. The number of unbranched alkanes of at least 4 members (excludes halogenated alkanes) is 1. The number of rotatable bonds is 9. The molecule has 0 saturated heterocycles. The zero-order valence-corrected chi connectivity index (χ0v) is 13.4. The molecule has 24 heavy (non-hydrogen) atoms. The van der Waals surface area contributed by atoms with Gasteiger partial charge in [0.1, 0.15) is 5.75 Å². The van der Waals surface area contributed by atoms with Gasteiger partial charge in [0, 0.05) is 17.2 Å². The summed E-state index contributed by atoms with van der Waals surface area (Å²) in [5.41, 5.74) is 1.30. The van der Waals surface area contributed by atoms with Gasteiger partial charge in [-0.3, -0.25) is 4.79 Å². The first-order valence-corrected chi connectivity index (χ1v) is 7.82. The predicted molar refractivity (Wildman–Crippen MR) is 92.2 cm³/mol. The normalized spacial score (nSPS) is 10.0. The SMILES string of the molecule is C=CC(=O)OCCCCOc1ccc(C(=O)c2ccccc2)cc1. The largest absolute Gasteiger partial charge is 0.494 e. The van der Waals surface area contributed by atoms with Gasteiger partial charge in [0.2, 0.25) is 0 Å². The van der Waals surface area contributed by atoms with Gasteiger partial charge in [-0.15, -0.1) is 0 Å². The van der Waals surface area contributed by atoms with Crippen molar-refractivity contribution in [1.29, 1.82) is 0 Å². The molecular formula is C20H20O4. The smallest absolute Gasteiger partial charge is 0.330 e. The lowest BCUT2D eigenvalue weighted by Crippen LogP contribution is -2.05. The average Bonchev–Trinajstić information content (AvgIpc) is 2.65. The van der Waals surface area contributed by atoms with Crippen LogP contribution in [0.15, 0.2) is 67.3 Å². The fourth-order valence-corrected chi connectivity index (χ4v) is 2.08. The van der Waals surface area contributed by atoms with E-state index in [2.05, 4.69) is 6.58 Å². The van der Waals surface area contributed by atoms with Gasteiger partial charge in [0.25, 0.3) is 0 Å². The van der Waals surface area contributed by atoms with Crippen LogP contribution in [0, 0.1) is 0 Å². The first kappa shape index (κ1) is 17.5. The fourth-order valence-electron chi connectivity index (χ4n) is 2.08. The van der Waals surface area contributed by atoms with Crippen molar-refractivity contribution in [2.75, 3.05) is 13.2 Å². The third-order valence-corrected chi connectivity index (χ3v) is 3.37. The van der Waals surface area contributed by atoms with E-state index in [-0.39, 0.29) is 5.78 Å². The van der Waals surface area contributed by atoms with Crippen molar-refractivity contribution in [2.24, 2.45) is 0 Å². The minimum absolute atomic E-state index is 0.00816. The molecule has 124 valence electrons. The van der Waals surface area contributed by atoms with Crippen molar-refractivity contribution in [3.63, 3.8) is 0 Å². The standard InChI is InChI=1S/C20H20O4/c1-2-19(21)24-15-7-6-14-23-18-12-10-17(11-13-18)20(22)16-8-4-3-5-9-16/h2-5,8-13H,1,6-7,14-15H2. The molecular weight excluding hydrogens is 304 g/mol. The molecule has 0 N–H and O–H groups in total. The van der Waals surface area contributed by atoms with Gasteiger partial charge >= 0.3 is 5.97 Å². The van der Waals surface area contributed by atoms with Crippen molar-refractivity contribution in [3.05, 3.63) is 78.4 Å². The monoisotopic (exact) mass is 324 g/mol. The molecule has 0 fully saturated rings. The third kappa shape index (κ3) is 5.39. The molecule has 0 aliphatic carbocycles. The van der Waals surface area contributed by atoms with Crippen LogP contribution in [0.2, 0.25) is 0 Å². The van der Waals surface area contributed by atoms with E-state index in [1.54, 1.807) is 36.4 Å². The van der Waals surface area contributed by atoms with E-state index >= 15 is 0 Å². The number of hydrogen-bond acceptors (Lipinski definition) is 4. The predicted octanol–water partition coefficient (Wildman–Crippen LogP) is 3.81. The lowest BCUT2D eigenvalue weighted by Gasteiger charge is -2.07. The first-order chi connectivity index (χ1) is 11.7. The zero-order chi connectivity index (χ0) is 17.2. The Balaban J connectivity index is 1.75. The average molecular weight is 324 g/mol. The minimum atomic E-state index is -0.408. The van der Waals surface area contributed by atoms with Crippen LogP contribution in [0.5, 0.6) is 5.75 Å². The van der Waals surface area contributed by atoms with Crippen molar-refractivity contribution < 1.29 is 19.1 Å². The second-order valence-electron chi connectivity index (χ2n) is 5.15. The Morgan fingerprint density at radius 3 is 2.17 bits per heavy atom. The van der Waals surface area contributed by atoms with Gasteiger partial charge < -0.3 is 9.47 Å². The van der Waals surface area contributed by atoms with Gasteiger partial charge in [-0.2, -0.15) is 0 Å². The second-order valence-corrected chi connectivity index (χ2v) is 5.15. The van der Waals surface area contributed by atoms with Crippen LogP contribution in [-0.2, 0) is 9.53 Å². The second kappa shape index (κ2) is 9.30. The van der Waals surface area contributed by atoms with E-state index in [1.165, 1.54) is 0 Å². The Kier molecular flexibility index (Phi) is 6.77. The van der Waals surface area contributed by atoms with Crippen LogP contribution in [0.1, 0.15) is 28.8 Å². The van der Waals surface area contributed by atoms with E-state index in [1.807, 2.05) is 18.2 Å². The fraction of sp³-hybridized carbons (Fsp3) is 0.200. The van der Waals surface area contributed by atoms with E-state index in [0.29, 0.717) is 30.1 Å². The van der Waals surface area contributed by atoms with Crippen molar-refractivity contribution in [1.82, 2.24) is 0 Å². The van der Waals surface area contributed by atoms with Crippen molar-refractivity contribution in [3.8, 4) is 5.75 Å². The maximum absolute atomic E-state index is 12.3. The Morgan fingerprint density at radius 2 is 1.50 bits per heavy atom. The van der Waals surface area contributed by atoms with Crippen LogP contribution in [0.25, 0.3) is 0 Å². The number of esters is 1. The zero-order valence-electron chi connectivity index (χ0n) is 13.4. The summed E-state index contributed by atoms with van der Waals surface area (Å²) in [6.45, 7) is 4.22. The quantitative estimate of drug-likeness (QED) is 0.305. The molecule has 0 aliphatic rings. The van der Waals surface area contributed by atoms with Gasteiger partial charge in [0.05, 0.1) is 13.2 Å². The van der Waals surface area contributed by atoms with Gasteiger partial charge in [-0.25, -0.2) is 4.79 Å². The number of hydrogen-bond donors (Lipinski definition) is 0. The number of carbonyl (C=O) groups is 2. The molecule has 0 heterocycles. The molecule has 0 radical (unpaired) electrons. The summed E-state index contributed by atoms with van der Waals surface area (Å²) in [4.78, 5) is 23.1. The molecule has 2 aromatic rings. The minimum Gasteiger partial charge on any atom is -0.494 e. The summed E-state index contributed by atoms with van der Waals surface area (Å²) < 4.78 is 10.5. The van der Waals surface area contributed by atoms with Gasteiger partial charge in [-0.1, -0.05) is 36.9 Å². The Labute approximate surface area is 141 Å². The summed E-state index contributed by atoms with van der Waals surface area (Å²) in [6, 6.07) is 16.3. The van der Waals surface area contributed by atoms with E-state index in [4.69, 9.17) is 9.47 Å². The molecule has 0 aromatic heterocycles. The molecule has 4 heteroatoms. The Hall–Kier alpha value is -2.88. The molecule has 0 saturated carbocycles. The number of carbonyl (C=O) groups excluding carboxylic acids is 2.